The molecule has 1 aliphatic heterocycles. The molecule has 0 aliphatic carbocycles. The van der Waals surface area contributed by atoms with Crippen molar-refractivity contribution in [3.8, 4) is 5.88 Å². The van der Waals surface area contributed by atoms with Crippen molar-refractivity contribution in [1.29, 1.82) is 0 Å². The lowest BCUT2D eigenvalue weighted by Gasteiger charge is -1.97. The smallest absolute Gasteiger partial charge is 0.270 e. The van der Waals surface area contributed by atoms with Gasteiger partial charge in [-0.15, -0.1) is 5.11 Å². The fourth-order valence-corrected chi connectivity index (χ4v) is 3.99. The van der Waals surface area contributed by atoms with Gasteiger partial charge in [0.1, 0.15) is 0 Å². The Morgan fingerprint density at radius 3 is 2.82 bits per heavy atom. The molecule has 1 saturated heterocycles. The number of nitrogens with zero attached hydrogens (tertiary/aromatic N) is 3. The number of aromatic amines is 1. The lowest BCUT2D eigenvalue weighted by atomic mass is 10.2. The van der Waals surface area contributed by atoms with Crippen molar-refractivity contribution in [3.63, 3.8) is 0 Å². The lowest BCUT2D eigenvalue weighted by molar-refractivity contribution is -0.384. The zero-order valence-corrected chi connectivity index (χ0v) is 12.1. The zero-order chi connectivity index (χ0) is 15.9. The molecule has 1 aliphatic rings. The minimum absolute atomic E-state index is 0.0697. The summed E-state index contributed by atoms with van der Waals surface area (Å²) in [5.74, 6) is -0.262. The van der Waals surface area contributed by atoms with Crippen LogP contribution in [-0.2, 0) is 9.84 Å². The second-order valence-corrected chi connectivity index (χ2v) is 7.31. The number of nitro benzene ring substituents is 1. The molecule has 10 heteroatoms. The van der Waals surface area contributed by atoms with Crippen LogP contribution in [0.3, 0.4) is 0 Å². The van der Waals surface area contributed by atoms with Gasteiger partial charge in [0, 0.05) is 17.5 Å². The summed E-state index contributed by atoms with van der Waals surface area (Å²) in [7, 11) is -3.07. The van der Waals surface area contributed by atoms with Crippen LogP contribution in [0.5, 0.6) is 5.88 Å². The summed E-state index contributed by atoms with van der Waals surface area (Å²) in [5.41, 5.74) is 0.422. The number of aromatic hydroxyl groups is 1. The molecule has 3 rings (SSSR count). The molecular weight excluding hydrogens is 312 g/mol. The van der Waals surface area contributed by atoms with Crippen LogP contribution < -0.4 is 0 Å². The Morgan fingerprint density at radius 1 is 1.41 bits per heavy atom. The summed E-state index contributed by atoms with van der Waals surface area (Å²) in [6.45, 7) is 0. The van der Waals surface area contributed by atoms with Gasteiger partial charge in [-0.1, -0.05) is 0 Å². The summed E-state index contributed by atoms with van der Waals surface area (Å²) in [5, 5.41) is 28.9. The van der Waals surface area contributed by atoms with E-state index in [1.54, 1.807) is 0 Å². The first-order chi connectivity index (χ1) is 10.4. The number of sulfone groups is 1. The molecule has 1 atom stereocenters. The number of nitrogens with one attached hydrogen (secondary N) is 1. The summed E-state index contributed by atoms with van der Waals surface area (Å²) in [4.78, 5) is 12.9. The van der Waals surface area contributed by atoms with E-state index in [0.29, 0.717) is 17.3 Å². The Kier molecular flexibility index (Phi) is 3.32. The number of fused-ring (bicyclic) bond motifs is 1. The Hall–Kier alpha value is -2.49. The van der Waals surface area contributed by atoms with Gasteiger partial charge in [0.2, 0.25) is 5.88 Å². The maximum Gasteiger partial charge on any atom is 0.270 e. The van der Waals surface area contributed by atoms with E-state index in [-0.39, 0.29) is 28.8 Å². The van der Waals surface area contributed by atoms with Gasteiger partial charge in [0.25, 0.3) is 5.69 Å². The van der Waals surface area contributed by atoms with Crippen molar-refractivity contribution in [3.05, 3.63) is 28.3 Å². The molecule has 9 nitrogen and oxygen atoms in total. The molecule has 0 radical (unpaired) electrons. The topological polar surface area (TPSA) is 138 Å². The average Bonchev–Trinajstić information content (AvgIpc) is 2.94. The number of azo groups is 1. The van der Waals surface area contributed by atoms with Crippen molar-refractivity contribution >= 4 is 32.1 Å². The first kappa shape index (κ1) is 14.4. The maximum absolute atomic E-state index is 11.4. The Labute approximate surface area is 124 Å². The van der Waals surface area contributed by atoms with Crippen LogP contribution >= 0.6 is 0 Å². The number of H-pyrrole nitrogens is 1. The number of non-ortho nitro benzene ring substituents is 1. The lowest BCUT2D eigenvalue weighted by Crippen LogP contribution is -2.06. The van der Waals surface area contributed by atoms with Crippen molar-refractivity contribution in [2.45, 2.75) is 12.5 Å². The van der Waals surface area contributed by atoms with Crippen LogP contribution in [0.25, 0.3) is 10.9 Å². The highest BCUT2D eigenvalue weighted by molar-refractivity contribution is 7.91. The van der Waals surface area contributed by atoms with E-state index < -0.39 is 20.8 Å². The molecule has 0 saturated carbocycles. The SMILES string of the molecule is O=[N+]([O-])c1ccc2[nH]c(O)c(N=N[C@H]3CCS(=O)(=O)C3)c2c1. The molecule has 1 aromatic heterocycles. The van der Waals surface area contributed by atoms with Gasteiger partial charge in [-0.2, -0.15) is 5.11 Å². The molecule has 22 heavy (non-hydrogen) atoms. The van der Waals surface area contributed by atoms with Crippen LogP contribution in [0, 0.1) is 10.1 Å². The third-order valence-electron chi connectivity index (χ3n) is 3.48. The third-order valence-corrected chi connectivity index (χ3v) is 5.23. The molecule has 1 aromatic carbocycles. The first-order valence-corrected chi connectivity index (χ1v) is 8.28. The molecule has 0 unspecified atom stereocenters. The van der Waals surface area contributed by atoms with E-state index in [1.165, 1.54) is 18.2 Å². The average molecular weight is 324 g/mol. The summed E-state index contributed by atoms with van der Waals surface area (Å²) >= 11 is 0. The molecule has 2 aromatic rings. The molecule has 1 fully saturated rings. The fourth-order valence-electron chi connectivity index (χ4n) is 2.37. The fraction of sp³-hybridized carbons (Fsp3) is 0.333. The molecule has 2 N–H and O–H groups in total. The predicted molar refractivity (Wildman–Crippen MR) is 78.2 cm³/mol. The maximum atomic E-state index is 11.4. The van der Waals surface area contributed by atoms with Gasteiger partial charge in [-0.3, -0.25) is 10.1 Å². The van der Waals surface area contributed by atoms with E-state index in [1.807, 2.05) is 0 Å². The number of hydrogen-bond acceptors (Lipinski definition) is 7. The minimum Gasteiger partial charge on any atom is -0.493 e. The third kappa shape index (κ3) is 2.64. The second kappa shape index (κ2) is 5.05. The Balaban J connectivity index is 1.97. The van der Waals surface area contributed by atoms with Crippen molar-refractivity contribution in [2.24, 2.45) is 10.2 Å². The molecule has 0 bridgehead atoms. The number of nitro groups is 1. The van der Waals surface area contributed by atoms with E-state index in [4.69, 9.17) is 0 Å². The highest BCUT2D eigenvalue weighted by Crippen LogP contribution is 2.37. The van der Waals surface area contributed by atoms with Crippen LogP contribution in [0.15, 0.2) is 28.4 Å². The molecule has 2 heterocycles. The van der Waals surface area contributed by atoms with E-state index in [0.717, 1.165) is 0 Å². The number of rotatable bonds is 3. The predicted octanol–water partition coefficient (Wildman–Crippen LogP) is 2.05. The standard InChI is InChI=1S/C12H12N4O5S/c17-12-11(15-14-7-3-4-22(20,21)6-7)9-5-8(16(18)19)1-2-10(9)13-12/h1-2,5,7,13,17H,3-4,6H2/t7-/m0/s1. The Morgan fingerprint density at radius 2 is 2.18 bits per heavy atom. The van der Waals surface area contributed by atoms with Crippen molar-refractivity contribution in [2.75, 3.05) is 11.5 Å². The number of aromatic nitrogens is 1. The Bertz CT molecular complexity index is 886. The quantitative estimate of drug-likeness (QED) is 0.505. The minimum atomic E-state index is -3.07. The highest BCUT2D eigenvalue weighted by Gasteiger charge is 2.28. The van der Waals surface area contributed by atoms with Crippen molar-refractivity contribution < 1.29 is 18.4 Å². The van der Waals surface area contributed by atoms with E-state index in [2.05, 4.69) is 15.2 Å². The van der Waals surface area contributed by atoms with Crippen LogP contribution in [0.1, 0.15) is 6.42 Å². The van der Waals surface area contributed by atoms with Gasteiger partial charge in [0.15, 0.2) is 15.5 Å². The molecule has 0 spiro atoms. The van der Waals surface area contributed by atoms with Crippen LogP contribution in [-0.4, -0.2) is 41.0 Å². The number of hydrogen-bond donors (Lipinski definition) is 2. The van der Waals surface area contributed by atoms with Gasteiger partial charge < -0.3 is 10.1 Å². The normalized spacial score (nSPS) is 20.8. The van der Waals surface area contributed by atoms with Gasteiger partial charge >= 0.3 is 0 Å². The molecule has 116 valence electrons. The van der Waals surface area contributed by atoms with Crippen LogP contribution in [0.2, 0.25) is 0 Å². The van der Waals surface area contributed by atoms with E-state index >= 15 is 0 Å². The van der Waals surface area contributed by atoms with Crippen LogP contribution in [0.4, 0.5) is 11.4 Å². The zero-order valence-electron chi connectivity index (χ0n) is 11.3. The first-order valence-electron chi connectivity index (χ1n) is 6.46. The molecular formula is C12H12N4O5S. The monoisotopic (exact) mass is 324 g/mol. The van der Waals surface area contributed by atoms with E-state index in [9.17, 15) is 23.6 Å². The van der Waals surface area contributed by atoms with Gasteiger partial charge in [0.05, 0.1) is 28.0 Å². The largest absolute Gasteiger partial charge is 0.493 e. The summed E-state index contributed by atoms with van der Waals surface area (Å²) in [6, 6.07) is 3.60. The second-order valence-electron chi connectivity index (χ2n) is 5.08. The number of benzene rings is 1. The molecule has 0 amide bonds. The van der Waals surface area contributed by atoms with Crippen molar-refractivity contribution in [1.82, 2.24) is 4.98 Å². The summed E-state index contributed by atoms with van der Waals surface area (Å²) in [6.07, 6.45) is 0.384. The summed E-state index contributed by atoms with van der Waals surface area (Å²) < 4.78 is 22.7. The van der Waals surface area contributed by atoms with Gasteiger partial charge in [-0.25, -0.2) is 8.42 Å². The van der Waals surface area contributed by atoms with Gasteiger partial charge in [-0.05, 0) is 12.5 Å². The highest BCUT2D eigenvalue weighted by atomic mass is 32.2.